The molecule has 0 amide bonds. The van der Waals surface area contributed by atoms with E-state index in [2.05, 4.69) is 27.0 Å². The molecule has 6 heavy (non-hydrogen) atoms. The van der Waals surface area contributed by atoms with E-state index in [0.717, 1.165) is 0 Å². The molecule has 0 heterocycles. The summed E-state index contributed by atoms with van der Waals surface area (Å²) in [5.74, 6) is 0. The third kappa shape index (κ3) is 300. The van der Waals surface area contributed by atoms with Crippen LogP contribution in [0.25, 0.3) is 0 Å². The Kier molecular flexibility index (Phi) is 378. The summed E-state index contributed by atoms with van der Waals surface area (Å²) in [5, 5.41) is 0. The zero-order valence-electron chi connectivity index (χ0n) is 4.83. The van der Waals surface area contributed by atoms with E-state index in [1.807, 2.05) is 0 Å². The summed E-state index contributed by atoms with van der Waals surface area (Å²) in [6.07, 6.45) is 1.25. The molecule has 0 aliphatic carbocycles. The number of hydrogen-bond donors (Lipinski definition) is 1. The maximum atomic E-state index is 3.00. The fourth-order valence-electron chi connectivity index (χ4n) is 0. The van der Waals surface area contributed by atoms with Crippen LogP contribution >= 0.6 is 0 Å². The Morgan fingerprint density at radius 2 is 1.17 bits per heavy atom. The molecule has 0 unspecified atom stereocenters. The van der Waals surface area contributed by atoms with Crippen molar-refractivity contribution < 1.29 is 0 Å². The van der Waals surface area contributed by atoms with Crippen LogP contribution < -0.4 is 6.15 Å². The van der Waals surface area contributed by atoms with Crippen LogP contribution in [-0.4, -0.2) is 0 Å². The predicted molar refractivity (Wildman–Crippen MR) is 32.2 cm³/mol. The van der Waals surface area contributed by atoms with Crippen molar-refractivity contribution >= 4 is 0 Å². The average Bonchev–Trinajstić information content (AvgIpc) is 1.46. The highest BCUT2D eigenvalue weighted by molar-refractivity contribution is 4.22. The van der Waals surface area contributed by atoms with Crippen molar-refractivity contribution in [2.24, 2.45) is 0 Å². The van der Waals surface area contributed by atoms with Gasteiger partial charge in [-0.1, -0.05) is 20.3 Å². The lowest BCUT2D eigenvalue weighted by atomic mass is 10.6. The SMILES string of the molecule is C=C.CCC.N. The van der Waals surface area contributed by atoms with Gasteiger partial charge in [0.25, 0.3) is 0 Å². The van der Waals surface area contributed by atoms with Crippen LogP contribution in [0.2, 0.25) is 0 Å². The fraction of sp³-hybridized carbons (Fsp3) is 0.600. The van der Waals surface area contributed by atoms with Gasteiger partial charge in [0, 0.05) is 0 Å². The van der Waals surface area contributed by atoms with Gasteiger partial charge in [0.05, 0.1) is 0 Å². The molecular weight excluding hydrogens is 74.1 g/mol. The number of hydrogen-bond acceptors (Lipinski definition) is 1. The minimum Gasteiger partial charge on any atom is -0.344 e. The zero-order chi connectivity index (χ0) is 4.71. The van der Waals surface area contributed by atoms with Gasteiger partial charge in [0.2, 0.25) is 0 Å². The Labute approximate surface area is 40.7 Å². The molecule has 0 saturated heterocycles. The van der Waals surface area contributed by atoms with Gasteiger partial charge in [-0.3, -0.25) is 0 Å². The smallest absolute Gasteiger partial charge is 0.0590 e. The lowest BCUT2D eigenvalue weighted by Crippen LogP contribution is -1.27. The third-order valence-corrected chi connectivity index (χ3v) is 0. The van der Waals surface area contributed by atoms with Crippen LogP contribution in [-0.2, 0) is 0 Å². The molecule has 0 atom stereocenters. The molecule has 0 spiro atoms. The molecule has 0 saturated carbocycles. The van der Waals surface area contributed by atoms with Crippen molar-refractivity contribution in [1.29, 1.82) is 0 Å². The van der Waals surface area contributed by atoms with E-state index in [1.165, 1.54) is 6.42 Å². The maximum Gasteiger partial charge on any atom is -0.0590 e. The van der Waals surface area contributed by atoms with Crippen molar-refractivity contribution in [3.8, 4) is 0 Å². The molecule has 3 N–H and O–H groups in total. The van der Waals surface area contributed by atoms with E-state index < -0.39 is 0 Å². The topological polar surface area (TPSA) is 35.0 Å². The Bertz CT molecular complexity index is 7.90. The van der Waals surface area contributed by atoms with Crippen LogP contribution in [0.1, 0.15) is 20.3 Å². The maximum absolute atomic E-state index is 3.00. The quantitative estimate of drug-likeness (QED) is 0.454. The van der Waals surface area contributed by atoms with Crippen molar-refractivity contribution in [3.63, 3.8) is 0 Å². The van der Waals surface area contributed by atoms with Gasteiger partial charge in [-0.25, -0.2) is 0 Å². The standard InChI is InChI=1S/C3H8.C2H4.H3N/c1-3-2;1-2;/h3H2,1-2H3;1-2H2;1H3. The van der Waals surface area contributed by atoms with E-state index in [-0.39, 0.29) is 6.15 Å². The largest absolute Gasteiger partial charge is 0.344 e. The van der Waals surface area contributed by atoms with Gasteiger partial charge in [-0.2, -0.15) is 0 Å². The van der Waals surface area contributed by atoms with Crippen molar-refractivity contribution in [2.75, 3.05) is 0 Å². The first-order chi connectivity index (χ1) is 2.41. The highest BCUT2D eigenvalue weighted by Gasteiger charge is 1.35. The molecule has 0 aliphatic heterocycles. The van der Waals surface area contributed by atoms with Gasteiger partial charge in [0.1, 0.15) is 0 Å². The van der Waals surface area contributed by atoms with E-state index >= 15 is 0 Å². The van der Waals surface area contributed by atoms with E-state index in [9.17, 15) is 0 Å². The highest BCUT2D eigenvalue weighted by atomic mass is 14.0. The first-order valence-corrected chi connectivity index (χ1v) is 1.91. The third-order valence-electron chi connectivity index (χ3n) is 0. The molecule has 1 nitrogen and oxygen atoms in total. The Hall–Kier alpha value is -0.300. The first kappa shape index (κ1) is 17.3. The van der Waals surface area contributed by atoms with Crippen LogP contribution in [0.5, 0.6) is 0 Å². The molecule has 1 heteroatoms. The highest BCUT2D eigenvalue weighted by Crippen LogP contribution is 1.56. The monoisotopic (exact) mass is 89.1 g/mol. The number of rotatable bonds is 0. The summed E-state index contributed by atoms with van der Waals surface area (Å²) in [6, 6.07) is 0. The molecule has 0 bridgehead atoms. The Morgan fingerprint density at radius 3 is 1.17 bits per heavy atom. The van der Waals surface area contributed by atoms with Gasteiger partial charge >= 0.3 is 0 Å². The predicted octanol–water partition coefficient (Wildman–Crippen LogP) is 2.38. The molecule has 0 rings (SSSR count). The van der Waals surface area contributed by atoms with E-state index in [4.69, 9.17) is 0 Å². The minimum atomic E-state index is 0. The molecular formula is C5H15N. The van der Waals surface area contributed by atoms with E-state index in [1.54, 1.807) is 0 Å². The molecule has 0 aromatic carbocycles. The molecule has 0 aromatic heterocycles. The zero-order valence-corrected chi connectivity index (χ0v) is 4.83. The van der Waals surface area contributed by atoms with Gasteiger partial charge in [-0.15, -0.1) is 13.2 Å². The average molecular weight is 89.2 g/mol. The fourth-order valence-corrected chi connectivity index (χ4v) is 0. The Morgan fingerprint density at radius 1 is 1.17 bits per heavy atom. The summed E-state index contributed by atoms with van der Waals surface area (Å²) in [4.78, 5) is 0. The van der Waals surface area contributed by atoms with Crippen LogP contribution in [0.15, 0.2) is 13.2 Å². The summed E-state index contributed by atoms with van der Waals surface area (Å²) in [5.41, 5.74) is 0. The molecule has 0 aromatic rings. The lowest BCUT2D eigenvalue weighted by molar-refractivity contribution is 1.09. The summed E-state index contributed by atoms with van der Waals surface area (Å²) >= 11 is 0. The Balaban J connectivity index is -0.0000000275. The lowest BCUT2D eigenvalue weighted by Gasteiger charge is -1.48. The molecule has 0 aliphatic rings. The second-order valence-corrected chi connectivity index (χ2v) is 0.707. The van der Waals surface area contributed by atoms with Crippen molar-refractivity contribution in [2.45, 2.75) is 20.3 Å². The van der Waals surface area contributed by atoms with Crippen molar-refractivity contribution in [1.82, 2.24) is 6.15 Å². The van der Waals surface area contributed by atoms with Crippen molar-refractivity contribution in [3.05, 3.63) is 13.2 Å². The van der Waals surface area contributed by atoms with E-state index in [0.29, 0.717) is 0 Å². The van der Waals surface area contributed by atoms with Crippen LogP contribution in [0.4, 0.5) is 0 Å². The second-order valence-electron chi connectivity index (χ2n) is 0.707. The minimum absolute atomic E-state index is 0. The summed E-state index contributed by atoms with van der Waals surface area (Å²) in [6.45, 7) is 10.2. The van der Waals surface area contributed by atoms with Gasteiger partial charge < -0.3 is 6.15 Å². The van der Waals surface area contributed by atoms with Crippen LogP contribution in [0, 0.1) is 0 Å². The van der Waals surface area contributed by atoms with Gasteiger partial charge in [-0.05, 0) is 0 Å². The molecule has 40 valence electrons. The molecule has 0 radical (unpaired) electrons. The summed E-state index contributed by atoms with van der Waals surface area (Å²) in [7, 11) is 0. The van der Waals surface area contributed by atoms with Gasteiger partial charge in [0.15, 0.2) is 0 Å². The first-order valence-electron chi connectivity index (χ1n) is 1.91. The van der Waals surface area contributed by atoms with Crippen LogP contribution in [0.3, 0.4) is 0 Å². The second kappa shape index (κ2) is 131. The molecule has 0 fully saturated rings. The normalized spacial score (nSPS) is 3.67. The summed E-state index contributed by atoms with van der Waals surface area (Å²) < 4.78 is 0.